The van der Waals surface area contributed by atoms with Gasteiger partial charge < -0.3 is 42.6 Å². The van der Waals surface area contributed by atoms with Crippen LogP contribution in [-0.2, 0) is 30.4 Å². The molecular formula is C24H34N6O7. The van der Waals surface area contributed by atoms with E-state index in [2.05, 4.69) is 20.9 Å². The molecule has 4 amide bonds. The first-order valence-corrected chi connectivity index (χ1v) is 11.8. The number of para-hydroxylation sites is 1. The van der Waals surface area contributed by atoms with Crippen LogP contribution in [0.5, 0.6) is 0 Å². The second-order valence-corrected chi connectivity index (χ2v) is 9.05. The van der Waals surface area contributed by atoms with Crippen molar-refractivity contribution in [3.8, 4) is 0 Å². The first-order chi connectivity index (χ1) is 17.4. The number of H-pyrrole nitrogens is 1. The molecule has 0 bridgehead atoms. The number of carboxylic acid groups (broad SMARTS) is 1. The Morgan fingerprint density at radius 2 is 1.59 bits per heavy atom. The summed E-state index contributed by atoms with van der Waals surface area (Å²) in [5, 5.41) is 27.2. The van der Waals surface area contributed by atoms with Crippen LogP contribution in [0.15, 0.2) is 30.5 Å². The maximum atomic E-state index is 13.1. The van der Waals surface area contributed by atoms with Crippen LogP contribution in [0.25, 0.3) is 10.9 Å². The molecule has 0 aliphatic rings. The lowest BCUT2D eigenvalue weighted by Crippen LogP contribution is -2.59. The van der Waals surface area contributed by atoms with E-state index in [1.165, 1.54) is 0 Å². The fourth-order valence-corrected chi connectivity index (χ4v) is 3.67. The van der Waals surface area contributed by atoms with Crippen molar-refractivity contribution in [3.63, 3.8) is 0 Å². The number of amides is 4. The number of aliphatic hydroxyl groups is 1. The third-order valence-corrected chi connectivity index (χ3v) is 5.82. The molecule has 1 aromatic carbocycles. The van der Waals surface area contributed by atoms with E-state index in [0.717, 1.165) is 10.9 Å². The number of primary amides is 1. The highest BCUT2D eigenvalue weighted by atomic mass is 16.4. The van der Waals surface area contributed by atoms with Crippen molar-refractivity contribution in [3.05, 3.63) is 36.0 Å². The average Bonchev–Trinajstić information content (AvgIpc) is 3.25. The molecule has 4 atom stereocenters. The molecule has 13 nitrogen and oxygen atoms in total. The number of rotatable bonds is 14. The summed E-state index contributed by atoms with van der Waals surface area (Å²) in [7, 11) is 0. The largest absolute Gasteiger partial charge is 0.480 e. The Morgan fingerprint density at radius 3 is 2.19 bits per heavy atom. The van der Waals surface area contributed by atoms with Gasteiger partial charge in [-0.25, -0.2) is 4.79 Å². The van der Waals surface area contributed by atoms with Crippen LogP contribution in [0.3, 0.4) is 0 Å². The van der Waals surface area contributed by atoms with E-state index in [9.17, 15) is 34.2 Å². The molecule has 2 rings (SSSR count). The predicted molar refractivity (Wildman–Crippen MR) is 134 cm³/mol. The summed E-state index contributed by atoms with van der Waals surface area (Å²) in [6.45, 7) is 2.46. The van der Waals surface area contributed by atoms with Gasteiger partial charge in [0.05, 0.1) is 12.6 Å². The molecule has 0 aliphatic carbocycles. The molecule has 0 radical (unpaired) electrons. The third-order valence-electron chi connectivity index (χ3n) is 5.82. The molecule has 1 heterocycles. The van der Waals surface area contributed by atoms with Crippen LogP contribution >= 0.6 is 0 Å². The number of nitrogens with one attached hydrogen (secondary N) is 4. The Labute approximate surface area is 213 Å². The van der Waals surface area contributed by atoms with Gasteiger partial charge in [0.1, 0.15) is 18.1 Å². The van der Waals surface area contributed by atoms with Gasteiger partial charge in [0.25, 0.3) is 0 Å². The van der Waals surface area contributed by atoms with Crippen molar-refractivity contribution in [1.29, 1.82) is 0 Å². The first kappa shape index (κ1) is 29.3. The maximum absolute atomic E-state index is 13.1. The minimum absolute atomic E-state index is 0.00373. The van der Waals surface area contributed by atoms with E-state index in [-0.39, 0.29) is 19.3 Å². The first-order valence-electron chi connectivity index (χ1n) is 11.8. The predicted octanol–water partition coefficient (Wildman–Crippen LogP) is -1.51. The lowest BCUT2D eigenvalue weighted by molar-refractivity contribution is -0.143. The Kier molecular flexibility index (Phi) is 10.6. The number of fused-ring (bicyclic) bond motifs is 1. The van der Waals surface area contributed by atoms with Crippen LogP contribution in [0, 0.1) is 5.92 Å². The molecule has 10 N–H and O–H groups in total. The van der Waals surface area contributed by atoms with Gasteiger partial charge in [-0.2, -0.15) is 0 Å². The molecule has 2 aromatic rings. The Bertz CT molecular complexity index is 1130. The fraction of sp³-hybridized carbons (Fsp3) is 0.458. The Morgan fingerprint density at radius 1 is 0.973 bits per heavy atom. The summed E-state index contributed by atoms with van der Waals surface area (Å²) in [5.74, 6) is -4.73. The number of aromatic nitrogens is 1. The highest BCUT2D eigenvalue weighted by Crippen LogP contribution is 2.19. The monoisotopic (exact) mass is 518 g/mol. The summed E-state index contributed by atoms with van der Waals surface area (Å²) < 4.78 is 0. The number of carbonyl (C=O) groups is 5. The van der Waals surface area contributed by atoms with E-state index in [1.54, 1.807) is 20.0 Å². The van der Waals surface area contributed by atoms with Gasteiger partial charge in [-0.05, 0) is 24.0 Å². The lowest BCUT2D eigenvalue weighted by atomic mass is 10.0. The molecule has 0 aliphatic heterocycles. The smallest absolute Gasteiger partial charge is 0.326 e. The molecular weight excluding hydrogens is 484 g/mol. The van der Waals surface area contributed by atoms with Gasteiger partial charge in [-0.15, -0.1) is 0 Å². The molecule has 1 aromatic heterocycles. The van der Waals surface area contributed by atoms with E-state index in [1.807, 2.05) is 24.3 Å². The van der Waals surface area contributed by atoms with Crippen molar-refractivity contribution in [2.24, 2.45) is 17.4 Å². The summed E-state index contributed by atoms with van der Waals surface area (Å²) in [5.41, 5.74) is 12.3. The molecule has 0 saturated heterocycles. The van der Waals surface area contributed by atoms with Crippen LogP contribution in [-0.4, -0.2) is 75.6 Å². The molecule has 4 unspecified atom stereocenters. The zero-order valence-electron chi connectivity index (χ0n) is 20.7. The van der Waals surface area contributed by atoms with E-state index in [0.29, 0.717) is 5.56 Å². The molecule has 0 spiro atoms. The second kappa shape index (κ2) is 13.4. The lowest BCUT2D eigenvalue weighted by Gasteiger charge is -2.25. The van der Waals surface area contributed by atoms with Crippen LogP contribution in [0.4, 0.5) is 0 Å². The van der Waals surface area contributed by atoms with Crippen molar-refractivity contribution < 1.29 is 34.2 Å². The van der Waals surface area contributed by atoms with Gasteiger partial charge >= 0.3 is 5.97 Å². The number of hydrogen-bond donors (Lipinski definition) is 8. The van der Waals surface area contributed by atoms with Gasteiger partial charge in [0.15, 0.2) is 0 Å². The van der Waals surface area contributed by atoms with E-state index >= 15 is 0 Å². The van der Waals surface area contributed by atoms with E-state index < -0.39 is 66.3 Å². The standard InChI is InChI=1S/C24H34N6O7/c1-12(2)20(24(36)37)30-22(34)17(9-13-10-27-16-6-4-3-5-14(13)16)28-23(35)18(11-31)29-21(33)15(25)7-8-19(26)32/h3-6,10,12,15,17-18,20,27,31H,7-9,11,25H2,1-2H3,(H2,26,32)(H,28,35)(H,29,33)(H,30,34)(H,36,37). The van der Waals surface area contributed by atoms with Crippen molar-refractivity contribution in [1.82, 2.24) is 20.9 Å². The number of aliphatic carboxylic acids is 1. The fourth-order valence-electron chi connectivity index (χ4n) is 3.67. The molecule has 0 saturated carbocycles. The average molecular weight is 519 g/mol. The van der Waals surface area contributed by atoms with Crippen molar-refractivity contribution >= 4 is 40.5 Å². The number of carboxylic acids is 1. The topological polar surface area (TPSA) is 230 Å². The Hall–Kier alpha value is -3.97. The number of hydrogen-bond acceptors (Lipinski definition) is 7. The second-order valence-electron chi connectivity index (χ2n) is 9.05. The SMILES string of the molecule is CC(C)C(NC(=O)C(Cc1c[nH]c2ccccc12)NC(=O)C(CO)NC(=O)C(N)CCC(N)=O)C(=O)O. The van der Waals surface area contributed by atoms with Crippen molar-refractivity contribution in [2.45, 2.75) is 57.3 Å². The number of aromatic amines is 1. The van der Waals surface area contributed by atoms with Gasteiger partial charge in [-0.3, -0.25) is 19.2 Å². The Balaban J connectivity index is 2.23. The zero-order chi connectivity index (χ0) is 27.7. The summed E-state index contributed by atoms with van der Waals surface area (Å²) in [4.78, 5) is 64.0. The van der Waals surface area contributed by atoms with Crippen LogP contribution in [0.2, 0.25) is 0 Å². The number of carbonyl (C=O) groups excluding carboxylic acids is 4. The highest BCUT2D eigenvalue weighted by Gasteiger charge is 2.31. The number of aliphatic hydroxyl groups excluding tert-OH is 1. The normalized spacial score (nSPS) is 14.4. The molecule has 202 valence electrons. The summed E-state index contributed by atoms with van der Waals surface area (Å²) in [6, 6.07) is 2.27. The van der Waals surface area contributed by atoms with Crippen LogP contribution < -0.4 is 27.4 Å². The third kappa shape index (κ3) is 8.29. The molecule has 37 heavy (non-hydrogen) atoms. The maximum Gasteiger partial charge on any atom is 0.326 e. The van der Waals surface area contributed by atoms with Gasteiger partial charge in [0.2, 0.25) is 23.6 Å². The minimum atomic E-state index is -1.45. The number of benzene rings is 1. The molecule has 0 fully saturated rings. The summed E-state index contributed by atoms with van der Waals surface area (Å²) >= 11 is 0. The van der Waals surface area contributed by atoms with Crippen LogP contribution in [0.1, 0.15) is 32.3 Å². The molecule has 13 heteroatoms. The van der Waals surface area contributed by atoms with Gasteiger partial charge in [-0.1, -0.05) is 32.0 Å². The zero-order valence-corrected chi connectivity index (χ0v) is 20.7. The number of nitrogens with two attached hydrogens (primary N) is 2. The van der Waals surface area contributed by atoms with Crippen molar-refractivity contribution in [2.75, 3.05) is 6.61 Å². The minimum Gasteiger partial charge on any atom is -0.480 e. The van der Waals surface area contributed by atoms with E-state index in [4.69, 9.17) is 11.5 Å². The quantitative estimate of drug-likeness (QED) is 0.146. The van der Waals surface area contributed by atoms with Gasteiger partial charge in [0, 0.05) is 29.9 Å². The highest BCUT2D eigenvalue weighted by molar-refractivity contribution is 5.95. The summed E-state index contributed by atoms with van der Waals surface area (Å²) in [6.07, 6.45) is 1.48.